The molecule has 0 radical (unpaired) electrons. The van der Waals surface area contributed by atoms with E-state index in [2.05, 4.69) is 10.5 Å². The molecule has 0 aliphatic heterocycles. The predicted octanol–water partition coefficient (Wildman–Crippen LogP) is 2.89. The van der Waals surface area contributed by atoms with Crippen molar-refractivity contribution in [3.63, 3.8) is 0 Å². The van der Waals surface area contributed by atoms with Gasteiger partial charge in [0.1, 0.15) is 30.4 Å². The monoisotopic (exact) mass is 342 g/mol. The van der Waals surface area contributed by atoms with Gasteiger partial charge in [-0.1, -0.05) is 29.4 Å². The molecular weight excluding hydrogens is 320 g/mol. The van der Waals surface area contributed by atoms with Crippen molar-refractivity contribution in [3.8, 4) is 11.5 Å². The van der Waals surface area contributed by atoms with Crippen molar-refractivity contribution in [3.05, 3.63) is 54.2 Å². The summed E-state index contributed by atoms with van der Waals surface area (Å²) >= 11 is 0. The minimum atomic E-state index is -0.669. The van der Waals surface area contributed by atoms with Crippen LogP contribution >= 0.6 is 0 Å². The van der Waals surface area contributed by atoms with E-state index in [9.17, 15) is 5.11 Å². The molecule has 0 bridgehead atoms. The molecule has 0 aliphatic carbocycles. The molecule has 1 heterocycles. The fraction of sp³-hybridized carbons (Fsp3) is 0.316. The first-order valence-corrected chi connectivity index (χ1v) is 8.24. The van der Waals surface area contributed by atoms with E-state index in [4.69, 9.17) is 14.0 Å². The van der Waals surface area contributed by atoms with Crippen LogP contribution in [0.25, 0.3) is 11.0 Å². The lowest BCUT2D eigenvalue weighted by Crippen LogP contribution is -2.39. The van der Waals surface area contributed by atoms with Gasteiger partial charge in [-0.25, -0.2) is 0 Å². The molecule has 0 spiro atoms. The third-order valence-electron chi connectivity index (χ3n) is 3.76. The summed E-state index contributed by atoms with van der Waals surface area (Å²) in [5.74, 6) is 1.44. The highest BCUT2D eigenvalue weighted by Gasteiger charge is 2.13. The van der Waals surface area contributed by atoms with Crippen LogP contribution in [0.5, 0.6) is 11.5 Å². The van der Waals surface area contributed by atoms with Gasteiger partial charge in [-0.05, 0) is 38.1 Å². The first-order chi connectivity index (χ1) is 12.1. The molecule has 132 valence electrons. The number of hydrogen-bond acceptors (Lipinski definition) is 6. The van der Waals surface area contributed by atoms with E-state index >= 15 is 0 Å². The minimum absolute atomic E-state index is 0.161. The Bertz CT molecular complexity index is 804. The van der Waals surface area contributed by atoms with Crippen LogP contribution in [0.1, 0.15) is 12.6 Å². The third-order valence-corrected chi connectivity index (χ3v) is 3.76. The minimum Gasteiger partial charge on any atom is -0.490 e. The molecule has 6 nitrogen and oxygen atoms in total. The van der Waals surface area contributed by atoms with Crippen molar-refractivity contribution in [2.45, 2.75) is 26.2 Å². The second-order valence-electron chi connectivity index (χ2n) is 5.84. The standard InChI is InChI=1S/C19H22N2O4/c1-13-19-17(9-6-10-18(19)25-21-13)23-12-15(22)11-20-14(2)24-16-7-4-3-5-8-16/h3-10,14-15,20,22H,11-12H2,1-2H3. The molecule has 2 unspecified atom stereocenters. The Morgan fingerprint density at radius 3 is 2.76 bits per heavy atom. The molecule has 0 aliphatic rings. The van der Waals surface area contributed by atoms with Crippen LogP contribution in [-0.4, -0.2) is 35.7 Å². The van der Waals surface area contributed by atoms with Gasteiger partial charge in [0.15, 0.2) is 5.58 Å². The number of benzene rings is 2. The Hall–Kier alpha value is -2.57. The van der Waals surface area contributed by atoms with E-state index in [1.165, 1.54) is 0 Å². The number of nitrogens with zero attached hydrogens (tertiary/aromatic N) is 1. The molecule has 3 rings (SSSR count). The Balaban J connectivity index is 1.48. The number of aryl methyl sites for hydroxylation is 1. The van der Waals surface area contributed by atoms with Gasteiger partial charge in [0, 0.05) is 6.54 Å². The molecule has 0 saturated heterocycles. The molecule has 0 amide bonds. The summed E-state index contributed by atoms with van der Waals surface area (Å²) in [5.41, 5.74) is 1.44. The average Bonchev–Trinajstić information content (AvgIpc) is 3.01. The summed E-state index contributed by atoms with van der Waals surface area (Å²) in [6.07, 6.45) is -0.891. The van der Waals surface area contributed by atoms with Gasteiger partial charge in [0.25, 0.3) is 0 Å². The summed E-state index contributed by atoms with van der Waals surface area (Å²) in [7, 11) is 0. The number of aliphatic hydroxyl groups excluding tert-OH is 1. The van der Waals surface area contributed by atoms with Gasteiger partial charge >= 0.3 is 0 Å². The number of rotatable bonds is 8. The van der Waals surface area contributed by atoms with Gasteiger partial charge in [0.2, 0.25) is 0 Å². The number of fused-ring (bicyclic) bond motifs is 1. The largest absolute Gasteiger partial charge is 0.490 e. The SMILES string of the molecule is Cc1noc2cccc(OCC(O)CNC(C)Oc3ccccc3)c12. The summed E-state index contributed by atoms with van der Waals surface area (Å²) in [5, 5.41) is 18.0. The van der Waals surface area contributed by atoms with Crippen LogP contribution in [0, 0.1) is 6.92 Å². The van der Waals surface area contributed by atoms with Crippen molar-refractivity contribution < 1.29 is 19.1 Å². The Kier molecular flexibility index (Phi) is 5.53. The first kappa shape index (κ1) is 17.3. The lowest BCUT2D eigenvalue weighted by Gasteiger charge is -2.19. The van der Waals surface area contributed by atoms with E-state index in [-0.39, 0.29) is 12.8 Å². The van der Waals surface area contributed by atoms with Gasteiger partial charge < -0.3 is 19.1 Å². The van der Waals surface area contributed by atoms with Crippen LogP contribution in [0.3, 0.4) is 0 Å². The van der Waals surface area contributed by atoms with E-state index < -0.39 is 6.10 Å². The van der Waals surface area contributed by atoms with Gasteiger partial charge in [-0.15, -0.1) is 0 Å². The summed E-state index contributed by atoms with van der Waals surface area (Å²) in [4.78, 5) is 0. The highest BCUT2D eigenvalue weighted by Crippen LogP contribution is 2.28. The molecule has 25 heavy (non-hydrogen) atoms. The van der Waals surface area contributed by atoms with E-state index in [0.717, 1.165) is 16.8 Å². The molecular formula is C19H22N2O4. The van der Waals surface area contributed by atoms with Crippen LogP contribution in [0.2, 0.25) is 0 Å². The second-order valence-corrected chi connectivity index (χ2v) is 5.84. The van der Waals surface area contributed by atoms with E-state index in [1.807, 2.05) is 62.4 Å². The Labute approximate surface area is 146 Å². The smallest absolute Gasteiger partial charge is 0.170 e. The van der Waals surface area contributed by atoms with E-state index in [0.29, 0.717) is 17.9 Å². The molecule has 1 aromatic heterocycles. The molecule has 6 heteroatoms. The third kappa shape index (κ3) is 4.49. The van der Waals surface area contributed by atoms with Gasteiger partial charge in [-0.2, -0.15) is 0 Å². The van der Waals surface area contributed by atoms with Crippen molar-refractivity contribution >= 4 is 11.0 Å². The summed E-state index contributed by atoms with van der Waals surface area (Å²) in [6, 6.07) is 15.1. The molecule has 0 saturated carbocycles. The normalized spacial score (nSPS) is 13.6. The number of aliphatic hydroxyl groups is 1. The lowest BCUT2D eigenvalue weighted by molar-refractivity contribution is 0.0873. The second kappa shape index (κ2) is 8.00. The highest BCUT2D eigenvalue weighted by molar-refractivity contribution is 5.85. The molecule has 2 atom stereocenters. The number of para-hydroxylation sites is 1. The van der Waals surface area contributed by atoms with Crippen molar-refractivity contribution in [1.29, 1.82) is 0 Å². The number of nitrogens with one attached hydrogen (secondary N) is 1. The average molecular weight is 342 g/mol. The van der Waals surface area contributed by atoms with Crippen LogP contribution < -0.4 is 14.8 Å². The fourth-order valence-electron chi connectivity index (χ4n) is 2.52. The molecule has 2 aromatic carbocycles. The van der Waals surface area contributed by atoms with E-state index in [1.54, 1.807) is 0 Å². The number of aromatic nitrogens is 1. The maximum absolute atomic E-state index is 10.1. The van der Waals surface area contributed by atoms with Crippen molar-refractivity contribution in [2.24, 2.45) is 0 Å². The maximum Gasteiger partial charge on any atom is 0.170 e. The quantitative estimate of drug-likeness (QED) is 0.613. The zero-order valence-corrected chi connectivity index (χ0v) is 14.3. The molecule has 0 fully saturated rings. The van der Waals surface area contributed by atoms with Crippen LogP contribution in [0.4, 0.5) is 0 Å². The Morgan fingerprint density at radius 1 is 1.16 bits per heavy atom. The van der Waals surface area contributed by atoms with Gasteiger partial charge in [0.05, 0.1) is 11.1 Å². The molecule has 3 aromatic rings. The van der Waals surface area contributed by atoms with Crippen molar-refractivity contribution in [2.75, 3.05) is 13.2 Å². The maximum atomic E-state index is 10.1. The Morgan fingerprint density at radius 2 is 1.96 bits per heavy atom. The van der Waals surface area contributed by atoms with Crippen LogP contribution in [0.15, 0.2) is 53.1 Å². The zero-order chi connectivity index (χ0) is 17.6. The van der Waals surface area contributed by atoms with Crippen LogP contribution in [-0.2, 0) is 0 Å². The lowest BCUT2D eigenvalue weighted by atomic mass is 10.2. The topological polar surface area (TPSA) is 76.8 Å². The fourth-order valence-corrected chi connectivity index (χ4v) is 2.52. The zero-order valence-electron chi connectivity index (χ0n) is 14.3. The first-order valence-electron chi connectivity index (χ1n) is 8.24. The number of hydrogen-bond donors (Lipinski definition) is 2. The predicted molar refractivity (Wildman–Crippen MR) is 94.8 cm³/mol. The summed E-state index contributed by atoms with van der Waals surface area (Å²) in [6.45, 7) is 4.27. The number of ether oxygens (including phenoxy) is 2. The van der Waals surface area contributed by atoms with Crippen molar-refractivity contribution in [1.82, 2.24) is 10.5 Å². The van der Waals surface area contributed by atoms with Gasteiger partial charge in [-0.3, -0.25) is 5.32 Å². The summed E-state index contributed by atoms with van der Waals surface area (Å²) < 4.78 is 16.7. The molecule has 2 N–H and O–H groups in total. The highest BCUT2D eigenvalue weighted by atomic mass is 16.5.